The summed E-state index contributed by atoms with van der Waals surface area (Å²) in [5.41, 5.74) is 1.16. The number of ether oxygens (including phenoxy) is 1. The van der Waals surface area contributed by atoms with Crippen molar-refractivity contribution < 1.29 is 17.9 Å². The first kappa shape index (κ1) is 19.0. The fourth-order valence-electron chi connectivity index (χ4n) is 2.81. The van der Waals surface area contributed by atoms with Gasteiger partial charge in [0.05, 0.1) is 29.9 Å². The number of carbonyl (C=O) groups excluding carboxylic acids is 1. The summed E-state index contributed by atoms with van der Waals surface area (Å²) in [4.78, 5) is 13.7. The number of hydrogen-bond acceptors (Lipinski definition) is 6. The van der Waals surface area contributed by atoms with E-state index in [0.717, 1.165) is 10.6 Å². The first-order valence-corrected chi connectivity index (χ1v) is 10.6. The standard InChI is InChI=1S/C16H22N4O4S2/c1-19(2)26(22,23)10-11-8-24-9-13(11)17-16(21)14-7-12(18-20(14)3)15-5-4-6-25-15/h4-7,11,13H,8-10H2,1-3H3,(H,17,21)/t11-,13+/m0/s1. The lowest BCUT2D eigenvalue weighted by atomic mass is 10.1. The van der Waals surface area contributed by atoms with E-state index < -0.39 is 10.0 Å². The van der Waals surface area contributed by atoms with Crippen molar-refractivity contribution in [1.82, 2.24) is 19.4 Å². The summed E-state index contributed by atoms with van der Waals surface area (Å²) < 4.78 is 32.4. The Bertz CT molecular complexity index is 874. The van der Waals surface area contributed by atoms with E-state index in [0.29, 0.717) is 18.9 Å². The van der Waals surface area contributed by atoms with Crippen LogP contribution in [-0.4, -0.2) is 67.5 Å². The lowest BCUT2D eigenvalue weighted by Crippen LogP contribution is -2.44. The van der Waals surface area contributed by atoms with Crippen LogP contribution in [0.3, 0.4) is 0 Å². The van der Waals surface area contributed by atoms with Gasteiger partial charge in [-0.15, -0.1) is 11.3 Å². The molecule has 26 heavy (non-hydrogen) atoms. The van der Waals surface area contributed by atoms with E-state index in [1.165, 1.54) is 23.1 Å². The van der Waals surface area contributed by atoms with E-state index in [-0.39, 0.29) is 23.6 Å². The lowest BCUT2D eigenvalue weighted by molar-refractivity contribution is 0.0916. The molecular formula is C16H22N4O4S2. The first-order chi connectivity index (χ1) is 12.3. The Morgan fingerprint density at radius 2 is 2.23 bits per heavy atom. The zero-order valence-corrected chi connectivity index (χ0v) is 16.5. The number of hydrogen-bond donors (Lipinski definition) is 1. The Hall–Kier alpha value is -1.75. The summed E-state index contributed by atoms with van der Waals surface area (Å²) in [5.74, 6) is -0.626. The maximum atomic E-state index is 12.7. The number of aryl methyl sites for hydroxylation is 1. The highest BCUT2D eigenvalue weighted by molar-refractivity contribution is 7.89. The van der Waals surface area contributed by atoms with Gasteiger partial charge in [-0.1, -0.05) is 6.07 Å². The molecule has 1 aliphatic heterocycles. The van der Waals surface area contributed by atoms with Gasteiger partial charge in [-0.3, -0.25) is 9.48 Å². The van der Waals surface area contributed by atoms with Gasteiger partial charge in [-0.2, -0.15) is 5.10 Å². The molecule has 3 rings (SSSR count). The van der Waals surface area contributed by atoms with Crippen molar-refractivity contribution in [1.29, 1.82) is 0 Å². The van der Waals surface area contributed by atoms with Gasteiger partial charge in [0.15, 0.2) is 0 Å². The Morgan fingerprint density at radius 1 is 1.46 bits per heavy atom. The van der Waals surface area contributed by atoms with Gasteiger partial charge in [0.1, 0.15) is 11.4 Å². The Balaban J connectivity index is 1.71. The molecule has 3 heterocycles. The van der Waals surface area contributed by atoms with Crippen LogP contribution < -0.4 is 5.32 Å². The van der Waals surface area contributed by atoms with E-state index in [2.05, 4.69) is 10.4 Å². The molecule has 1 fully saturated rings. The molecular weight excluding hydrogens is 376 g/mol. The molecule has 2 atom stereocenters. The van der Waals surface area contributed by atoms with E-state index in [1.54, 1.807) is 24.5 Å². The van der Waals surface area contributed by atoms with Crippen LogP contribution in [-0.2, 0) is 21.8 Å². The number of sulfonamides is 1. The van der Waals surface area contributed by atoms with Gasteiger partial charge in [0.2, 0.25) is 10.0 Å². The van der Waals surface area contributed by atoms with Crippen LogP contribution in [0, 0.1) is 5.92 Å². The second-order valence-corrected chi connectivity index (χ2v) is 9.63. The van der Waals surface area contributed by atoms with Gasteiger partial charge in [0.25, 0.3) is 5.91 Å². The molecule has 142 valence electrons. The number of aromatic nitrogens is 2. The summed E-state index contributed by atoms with van der Waals surface area (Å²) in [6, 6.07) is 5.27. The quantitative estimate of drug-likeness (QED) is 0.776. The van der Waals surface area contributed by atoms with E-state index >= 15 is 0 Å². The van der Waals surface area contributed by atoms with Gasteiger partial charge in [-0.25, -0.2) is 12.7 Å². The van der Waals surface area contributed by atoms with Crippen molar-refractivity contribution in [2.24, 2.45) is 13.0 Å². The predicted octanol–water partition coefficient (Wildman–Crippen LogP) is 0.785. The maximum absolute atomic E-state index is 12.7. The lowest BCUT2D eigenvalue weighted by Gasteiger charge is -2.21. The smallest absolute Gasteiger partial charge is 0.269 e. The van der Waals surface area contributed by atoms with Gasteiger partial charge < -0.3 is 10.1 Å². The normalized spacial score (nSPS) is 20.6. The minimum atomic E-state index is -3.36. The number of nitrogens with zero attached hydrogens (tertiary/aromatic N) is 3. The van der Waals surface area contributed by atoms with E-state index in [4.69, 9.17) is 4.74 Å². The largest absolute Gasteiger partial charge is 0.379 e. The topological polar surface area (TPSA) is 93.5 Å². The average Bonchev–Trinajstić information content (AvgIpc) is 3.28. The molecule has 0 radical (unpaired) electrons. The number of thiophene rings is 1. The van der Waals surface area contributed by atoms with E-state index in [1.807, 2.05) is 17.5 Å². The Labute approximate surface area is 156 Å². The Morgan fingerprint density at radius 3 is 2.88 bits per heavy atom. The molecule has 0 aromatic carbocycles. The maximum Gasteiger partial charge on any atom is 0.269 e. The molecule has 2 aromatic rings. The zero-order valence-electron chi connectivity index (χ0n) is 14.9. The third-order valence-corrected chi connectivity index (χ3v) is 7.24. The molecule has 1 aliphatic rings. The molecule has 0 aliphatic carbocycles. The third-order valence-electron chi connectivity index (χ3n) is 4.38. The number of carbonyl (C=O) groups is 1. The van der Waals surface area contributed by atoms with Crippen LogP contribution in [0.5, 0.6) is 0 Å². The van der Waals surface area contributed by atoms with Crippen LogP contribution in [0.4, 0.5) is 0 Å². The molecule has 2 aromatic heterocycles. The van der Waals surface area contributed by atoms with Crippen LogP contribution in [0.15, 0.2) is 23.6 Å². The van der Waals surface area contributed by atoms with Crippen molar-refractivity contribution in [3.8, 4) is 10.6 Å². The van der Waals surface area contributed by atoms with Crippen molar-refractivity contribution in [2.75, 3.05) is 33.1 Å². The summed E-state index contributed by atoms with van der Waals surface area (Å²) in [6.45, 7) is 0.610. The highest BCUT2D eigenvalue weighted by Gasteiger charge is 2.34. The molecule has 10 heteroatoms. The van der Waals surface area contributed by atoms with Crippen LogP contribution in [0.25, 0.3) is 10.6 Å². The minimum absolute atomic E-state index is 0.0588. The number of rotatable bonds is 6. The molecule has 0 saturated carbocycles. The van der Waals surface area contributed by atoms with Crippen molar-refractivity contribution in [2.45, 2.75) is 6.04 Å². The average molecular weight is 399 g/mol. The number of amides is 1. The monoisotopic (exact) mass is 398 g/mol. The highest BCUT2D eigenvalue weighted by Crippen LogP contribution is 2.24. The van der Waals surface area contributed by atoms with Gasteiger partial charge in [-0.05, 0) is 17.5 Å². The second kappa shape index (κ2) is 7.47. The fraction of sp³-hybridized carbons (Fsp3) is 0.500. The van der Waals surface area contributed by atoms with Crippen LogP contribution in [0.1, 0.15) is 10.5 Å². The predicted molar refractivity (Wildman–Crippen MR) is 99.6 cm³/mol. The van der Waals surface area contributed by atoms with Gasteiger partial charge >= 0.3 is 0 Å². The zero-order chi connectivity index (χ0) is 18.9. The minimum Gasteiger partial charge on any atom is -0.379 e. The number of nitrogens with one attached hydrogen (secondary N) is 1. The second-order valence-electron chi connectivity index (χ2n) is 6.45. The molecule has 1 amide bonds. The summed E-state index contributed by atoms with van der Waals surface area (Å²) >= 11 is 1.55. The molecule has 0 unspecified atom stereocenters. The summed E-state index contributed by atoms with van der Waals surface area (Å²) in [5, 5.41) is 9.24. The fourth-order valence-corrected chi connectivity index (χ4v) is 4.66. The summed E-state index contributed by atoms with van der Waals surface area (Å²) in [7, 11) is 1.35. The van der Waals surface area contributed by atoms with E-state index in [9.17, 15) is 13.2 Å². The van der Waals surface area contributed by atoms with Crippen molar-refractivity contribution >= 4 is 27.3 Å². The van der Waals surface area contributed by atoms with Crippen molar-refractivity contribution in [3.63, 3.8) is 0 Å². The van der Waals surface area contributed by atoms with Crippen molar-refractivity contribution in [3.05, 3.63) is 29.3 Å². The molecule has 8 nitrogen and oxygen atoms in total. The van der Waals surface area contributed by atoms with Crippen LogP contribution >= 0.6 is 11.3 Å². The first-order valence-electron chi connectivity index (χ1n) is 8.14. The van der Waals surface area contributed by atoms with Gasteiger partial charge in [0, 0.05) is 27.1 Å². The van der Waals surface area contributed by atoms with Crippen LogP contribution in [0.2, 0.25) is 0 Å². The molecule has 0 bridgehead atoms. The Kier molecular flexibility index (Phi) is 5.47. The molecule has 1 N–H and O–H groups in total. The molecule has 0 spiro atoms. The summed E-state index contributed by atoms with van der Waals surface area (Å²) in [6.07, 6.45) is 0. The SMILES string of the molecule is CN(C)S(=O)(=O)C[C@@H]1COC[C@H]1NC(=O)c1cc(-c2cccs2)nn1C. The molecule has 1 saturated heterocycles. The third kappa shape index (κ3) is 3.98. The highest BCUT2D eigenvalue weighted by atomic mass is 32.2.